The van der Waals surface area contributed by atoms with Gasteiger partial charge in [-0.25, -0.2) is 4.98 Å². The Hall–Kier alpha value is -1.32. The topological polar surface area (TPSA) is 57.8 Å². The average Bonchev–Trinajstić information content (AvgIpc) is 2.23. The summed E-state index contributed by atoms with van der Waals surface area (Å²) < 4.78 is 0. The summed E-state index contributed by atoms with van der Waals surface area (Å²) in [5.74, 6) is 1.90. The molecule has 0 aliphatic rings. The number of aromatic amines is 1. The summed E-state index contributed by atoms with van der Waals surface area (Å²) in [5.41, 5.74) is 0.157. The standard InChI is InChI=1S/C13H23N3O/c1-6-10-15-11(7-12(17)16-10)14-8-9(2)13(3,4)5/h7,9H,6,8H2,1-5H3,(H2,14,15,16,17). The third-order valence-corrected chi connectivity index (χ3v) is 3.19. The van der Waals surface area contributed by atoms with Crippen molar-refractivity contribution in [2.24, 2.45) is 11.3 Å². The summed E-state index contributed by atoms with van der Waals surface area (Å²) in [7, 11) is 0. The molecule has 1 unspecified atom stereocenters. The van der Waals surface area contributed by atoms with E-state index in [0.29, 0.717) is 11.7 Å². The fraction of sp³-hybridized carbons (Fsp3) is 0.692. The molecule has 1 heterocycles. The molecule has 0 bridgehead atoms. The van der Waals surface area contributed by atoms with E-state index in [1.54, 1.807) is 0 Å². The Morgan fingerprint density at radius 1 is 1.47 bits per heavy atom. The number of nitrogens with zero attached hydrogens (tertiary/aromatic N) is 1. The number of hydrogen-bond acceptors (Lipinski definition) is 3. The van der Waals surface area contributed by atoms with Crippen LogP contribution in [-0.4, -0.2) is 16.5 Å². The Morgan fingerprint density at radius 3 is 2.65 bits per heavy atom. The Morgan fingerprint density at radius 2 is 2.12 bits per heavy atom. The number of aromatic nitrogens is 2. The lowest BCUT2D eigenvalue weighted by Gasteiger charge is -2.27. The van der Waals surface area contributed by atoms with Crippen molar-refractivity contribution < 1.29 is 0 Å². The highest BCUT2D eigenvalue weighted by Gasteiger charge is 2.19. The maximum atomic E-state index is 11.4. The Kier molecular flexibility index (Phi) is 4.32. The molecule has 0 spiro atoms. The lowest BCUT2D eigenvalue weighted by atomic mass is 9.82. The predicted octanol–water partition coefficient (Wildman–Crippen LogP) is 2.43. The second kappa shape index (κ2) is 5.34. The third kappa shape index (κ3) is 4.21. The Labute approximate surface area is 103 Å². The van der Waals surface area contributed by atoms with Crippen molar-refractivity contribution in [3.8, 4) is 0 Å². The van der Waals surface area contributed by atoms with Crippen LogP contribution in [0.3, 0.4) is 0 Å². The minimum atomic E-state index is -0.0947. The van der Waals surface area contributed by atoms with Gasteiger partial charge < -0.3 is 10.3 Å². The summed E-state index contributed by atoms with van der Waals surface area (Å²) in [4.78, 5) is 18.4. The normalized spacial score (nSPS) is 13.5. The largest absolute Gasteiger partial charge is 0.370 e. The van der Waals surface area contributed by atoms with Crippen LogP contribution in [0.4, 0.5) is 5.82 Å². The van der Waals surface area contributed by atoms with E-state index in [0.717, 1.165) is 18.8 Å². The van der Waals surface area contributed by atoms with Gasteiger partial charge in [0.05, 0.1) is 0 Å². The van der Waals surface area contributed by atoms with E-state index in [-0.39, 0.29) is 11.0 Å². The molecule has 1 aromatic rings. The van der Waals surface area contributed by atoms with E-state index in [1.807, 2.05) is 6.92 Å². The Bertz CT molecular complexity index is 417. The van der Waals surface area contributed by atoms with Gasteiger partial charge >= 0.3 is 0 Å². The minimum absolute atomic E-state index is 0.0947. The van der Waals surface area contributed by atoms with Crippen molar-refractivity contribution in [1.29, 1.82) is 0 Å². The smallest absolute Gasteiger partial charge is 0.252 e. The maximum Gasteiger partial charge on any atom is 0.252 e. The molecule has 0 saturated heterocycles. The number of anilines is 1. The number of H-pyrrole nitrogens is 1. The highest BCUT2D eigenvalue weighted by molar-refractivity contribution is 5.32. The summed E-state index contributed by atoms with van der Waals surface area (Å²) in [6, 6.07) is 1.51. The zero-order valence-electron chi connectivity index (χ0n) is 11.4. The molecule has 4 nitrogen and oxygen atoms in total. The van der Waals surface area contributed by atoms with Gasteiger partial charge in [-0.2, -0.15) is 0 Å². The first kappa shape index (κ1) is 13.7. The lowest BCUT2D eigenvalue weighted by Crippen LogP contribution is -2.25. The van der Waals surface area contributed by atoms with Crippen LogP contribution in [0.15, 0.2) is 10.9 Å². The average molecular weight is 237 g/mol. The second-order valence-electron chi connectivity index (χ2n) is 5.58. The first-order valence-corrected chi connectivity index (χ1v) is 6.17. The SMILES string of the molecule is CCc1nc(NCC(C)C(C)(C)C)cc(=O)[nH]1. The number of aryl methyl sites for hydroxylation is 1. The molecule has 0 radical (unpaired) electrons. The first-order chi connectivity index (χ1) is 7.82. The number of hydrogen-bond donors (Lipinski definition) is 2. The zero-order chi connectivity index (χ0) is 13.1. The van der Waals surface area contributed by atoms with Crippen LogP contribution in [0.2, 0.25) is 0 Å². The quantitative estimate of drug-likeness (QED) is 0.845. The number of rotatable bonds is 4. The molecule has 96 valence electrons. The summed E-state index contributed by atoms with van der Waals surface area (Å²) in [5, 5.41) is 3.24. The van der Waals surface area contributed by atoms with E-state index < -0.39 is 0 Å². The summed E-state index contributed by atoms with van der Waals surface area (Å²) in [6.45, 7) is 11.6. The van der Waals surface area contributed by atoms with Crippen LogP contribution < -0.4 is 10.9 Å². The van der Waals surface area contributed by atoms with Gasteiger partial charge in [-0.3, -0.25) is 4.79 Å². The molecular formula is C13H23N3O. The molecule has 0 aliphatic heterocycles. The van der Waals surface area contributed by atoms with Gasteiger partial charge in [0, 0.05) is 19.0 Å². The Balaban J connectivity index is 2.70. The van der Waals surface area contributed by atoms with E-state index in [9.17, 15) is 4.79 Å². The molecule has 2 N–H and O–H groups in total. The zero-order valence-corrected chi connectivity index (χ0v) is 11.4. The van der Waals surface area contributed by atoms with Crippen molar-refractivity contribution in [3.63, 3.8) is 0 Å². The summed E-state index contributed by atoms with van der Waals surface area (Å²) in [6.07, 6.45) is 0.736. The monoisotopic (exact) mass is 237 g/mol. The fourth-order valence-electron chi connectivity index (χ4n) is 1.33. The van der Waals surface area contributed by atoms with Gasteiger partial charge in [-0.15, -0.1) is 0 Å². The molecule has 1 atom stereocenters. The van der Waals surface area contributed by atoms with Gasteiger partial charge in [0.15, 0.2) is 0 Å². The van der Waals surface area contributed by atoms with E-state index in [4.69, 9.17) is 0 Å². The number of nitrogens with one attached hydrogen (secondary N) is 2. The van der Waals surface area contributed by atoms with Gasteiger partial charge in [-0.05, 0) is 11.3 Å². The van der Waals surface area contributed by atoms with Crippen LogP contribution in [0.25, 0.3) is 0 Å². The van der Waals surface area contributed by atoms with Crippen LogP contribution in [0.1, 0.15) is 40.4 Å². The molecule has 1 rings (SSSR count). The highest BCUT2D eigenvalue weighted by Crippen LogP contribution is 2.25. The van der Waals surface area contributed by atoms with Gasteiger partial charge in [0.1, 0.15) is 11.6 Å². The van der Waals surface area contributed by atoms with Crippen molar-refractivity contribution in [3.05, 3.63) is 22.2 Å². The highest BCUT2D eigenvalue weighted by atomic mass is 16.1. The lowest BCUT2D eigenvalue weighted by molar-refractivity contribution is 0.274. The van der Waals surface area contributed by atoms with Crippen molar-refractivity contribution in [1.82, 2.24) is 9.97 Å². The van der Waals surface area contributed by atoms with Crippen LogP contribution in [0, 0.1) is 11.3 Å². The molecule has 4 heteroatoms. The molecule has 1 aromatic heterocycles. The molecule has 0 fully saturated rings. The molecule has 0 saturated carbocycles. The van der Waals surface area contributed by atoms with E-state index >= 15 is 0 Å². The molecule has 0 aromatic carbocycles. The van der Waals surface area contributed by atoms with Gasteiger partial charge in [0.2, 0.25) is 0 Å². The summed E-state index contributed by atoms with van der Waals surface area (Å²) >= 11 is 0. The minimum Gasteiger partial charge on any atom is -0.370 e. The van der Waals surface area contributed by atoms with Crippen LogP contribution >= 0.6 is 0 Å². The molecular weight excluding hydrogens is 214 g/mol. The molecule has 0 aliphatic carbocycles. The first-order valence-electron chi connectivity index (χ1n) is 6.17. The van der Waals surface area contributed by atoms with Gasteiger partial charge in [-0.1, -0.05) is 34.6 Å². The second-order valence-corrected chi connectivity index (χ2v) is 5.58. The van der Waals surface area contributed by atoms with E-state index in [1.165, 1.54) is 6.07 Å². The van der Waals surface area contributed by atoms with Crippen molar-refractivity contribution >= 4 is 5.82 Å². The fourth-order valence-corrected chi connectivity index (χ4v) is 1.33. The van der Waals surface area contributed by atoms with Crippen molar-refractivity contribution in [2.75, 3.05) is 11.9 Å². The maximum absolute atomic E-state index is 11.4. The van der Waals surface area contributed by atoms with Crippen LogP contribution in [0.5, 0.6) is 0 Å². The molecule has 17 heavy (non-hydrogen) atoms. The van der Waals surface area contributed by atoms with Gasteiger partial charge in [0.25, 0.3) is 5.56 Å². The third-order valence-electron chi connectivity index (χ3n) is 3.19. The molecule has 0 amide bonds. The van der Waals surface area contributed by atoms with Crippen LogP contribution in [-0.2, 0) is 6.42 Å². The van der Waals surface area contributed by atoms with E-state index in [2.05, 4.69) is 43.0 Å². The predicted molar refractivity (Wildman–Crippen MR) is 71.3 cm³/mol. The van der Waals surface area contributed by atoms with Crippen molar-refractivity contribution in [2.45, 2.75) is 41.0 Å².